The van der Waals surface area contributed by atoms with Gasteiger partial charge in [-0.2, -0.15) is 0 Å². The van der Waals surface area contributed by atoms with Crippen LogP contribution in [0.4, 0.5) is 0 Å². The Hall–Kier alpha value is -1.01. The molecule has 0 aliphatic rings. The van der Waals surface area contributed by atoms with Crippen molar-refractivity contribution >= 4 is 5.91 Å². The quantitative estimate of drug-likeness (QED) is 0.585. The molecule has 0 aromatic carbocycles. The first kappa shape index (κ1) is 11.0. The molecule has 3 N–H and O–H groups in total. The van der Waals surface area contributed by atoms with Crippen LogP contribution in [0.25, 0.3) is 0 Å². The second-order valence-corrected chi connectivity index (χ2v) is 2.83. The highest BCUT2D eigenvalue weighted by Gasteiger charge is 2.18. The Morgan fingerprint density at radius 3 is 2.75 bits per heavy atom. The predicted octanol–water partition coefficient (Wildman–Crippen LogP) is 0.109. The van der Waals surface area contributed by atoms with Crippen molar-refractivity contribution in [1.82, 2.24) is 5.32 Å². The van der Waals surface area contributed by atoms with Crippen molar-refractivity contribution < 1.29 is 4.79 Å². The molecule has 0 aliphatic heterocycles. The van der Waals surface area contributed by atoms with E-state index in [4.69, 9.17) is 12.2 Å². The number of hydrogen-bond donors (Lipinski definition) is 2. The Morgan fingerprint density at radius 2 is 2.33 bits per heavy atom. The maximum atomic E-state index is 11.2. The van der Waals surface area contributed by atoms with Gasteiger partial charge in [0.25, 0.3) is 0 Å². The molecule has 12 heavy (non-hydrogen) atoms. The van der Waals surface area contributed by atoms with Gasteiger partial charge in [0, 0.05) is 0 Å². The van der Waals surface area contributed by atoms with Gasteiger partial charge in [0.05, 0.1) is 12.6 Å². The lowest BCUT2D eigenvalue weighted by Crippen LogP contribution is -2.44. The van der Waals surface area contributed by atoms with Crippen LogP contribution in [0.15, 0.2) is 0 Å². The van der Waals surface area contributed by atoms with E-state index < -0.39 is 6.04 Å². The maximum Gasteiger partial charge on any atom is 0.237 e. The second-order valence-electron chi connectivity index (χ2n) is 2.83. The predicted molar refractivity (Wildman–Crippen MR) is 49.3 cm³/mol. The van der Waals surface area contributed by atoms with Gasteiger partial charge in [-0.05, 0) is 5.92 Å². The smallest absolute Gasteiger partial charge is 0.237 e. The molecule has 0 saturated carbocycles. The van der Waals surface area contributed by atoms with E-state index in [0.717, 1.165) is 6.42 Å². The van der Waals surface area contributed by atoms with Gasteiger partial charge in [0.15, 0.2) is 0 Å². The van der Waals surface area contributed by atoms with Crippen LogP contribution < -0.4 is 11.1 Å². The lowest BCUT2D eigenvalue weighted by atomic mass is 9.99. The van der Waals surface area contributed by atoms with E-state index in [9.17, 15) is 4.79 Å². The van der Waals surface area contributed by atoms with Crippen LogP contribution in [0.5, 0.6) is 0 Å². The minimum Gasteiger partial charge on any atom is -0.344 e. The lowest BCUT2D eigenvalue weighted by Gasteiger charge is -2.16. The number of terminal acetylenes is 1. The van der Waals surface area contributed by atoms with E-state index in [1.807, 2.05) is 13.8 Å². The topological polar surface area (TPSA) is 55.1 Å². The number of nitrogens with one attached hydrogen (secondary N) is 1. The Labute approximate surface area is 73.7 Å². The van der Waals surface area contributed by atoms with Crippen LogP contribution >= 0.6 is 0 Å². The third-order valence-corrected chi connectivity index (χ3v) is 1.92. The van der Waals surface area contributed by atoms with Gasteiger partial charge >= 0.3 is 0 Å². The van der Waals surface area contributed by atoms with Gasteiger partial charge in [-0.25, -0.2) is 0 Å². The summed E-state index contributed by atoms with van der Waals surface area (Å²) in [6.45, 7) is 4.20. The normalized spacial score (nSPS) is 14.5. The van der Waals surface area contributed by atoms with E-state index >= 15 is 0 Å². The molecule has 68 valence electrons. The highest BCUT2D eigenvalue weighted by Crippen LogP contribution is 2.04. The molecule has 3 heteroatoms. The maximum absolute atomic E-state index is 11.2. The molecule has 0 spiro atoms. The molecule has 0 saturated heterocycles. The third kappa shape index (κ3) is 3.40. The Morgan fingerprint density at radius 1 is 1.75 bits per heavy atom. The monoisotopic (exact) mass is 168 g/mol. The van der Waals surface area contributed by atoms with Gasteiger partial charge in [0.2, 0.25) is 5.91 Å². The van der Waals surface area contributed by atoms with Crippen molar-refractivity contribution in [3.63, 3.8) is 0 Å². The number of hydrogen-bond acceptors (Lipinski definition) is 2. The van der Waals surface area contributed by atoms with Crippen molar-refractivity contribution in [2.24, 2.45) is 11.7 Å². The van der Waals surface area contributed by atoms with E-state index in [-0.39, 0.29) is 18.4 Å². The molecule has 0 radical (unpaired) electrons. The minimum atomic E-state index is -0.441. The number of carbonyl (C=O) groups is 1. The number of rotatable bonds is 4. The van der Waals surface area contributed by atoms with Crippen LogP contribution in [-0.2, 0) is 4.79 Å². The van der Waals surface area contributed by atoms with Crippen molar-refractivity contribution in [2.75, 3.05) is 6.54 Å². The summed E-state index contributed by atoms with van der Waals surface area (Å²) < 4.78 is 0. The van der Waals surface area contributed by atoms with Crippen LogP contribution in [0.3, 0.4) is 0 Å². The summed E-state index contributed by atoms with van der Waals surface area (Å²) in [5.41, 5.74) is 5.63. The molecule has 0 bridgehead atoms. The minimum absolute atomic E-state index is 0.165. The van der Waals surface area contributed by atoms with Gasteiger partial charge in [-0.3, -0.25) is 4.79 Å². The molecule has 0 aromatic heterocycles. The molecule has 0 unspecified atom stereocenters. The van der Waals surface area contributed by atoms with Gasteiger partial charge in [-0.1, -0.05) is 26.2 Å². The van der Waals surface area contributed by atoms with Crippen LogP contribution in [0.1, 0.15) is 20.3 Å². The largest absolute Gasteiger partial charge is 0.344 e. The first-order valence-corrected chi connectivity index (χ1v) is 4.10. The third-order valence-electron chi connectivity index (χ3n) is 1.92. The average Bonchev–Trinajstić information content (AvgIpc) is 2.11. The number of amides is 1. The fraction of sp³-hybridized carbons (Fsp3) is 0.667. The Kier molecular flexibility index (Phi) is 5.14. The Balaban J connectivity index is 3.85. The fourth-order valence-corrected chi connectivity index (χ4v) is 0.768. The molecule has 1 amide bonds. The average molecular weight is 168 g/mol. The number of nitrogens with two attached hydrogens (primary N) is 1. The summed E-state index contributed by atoms with van der Waals surface area (Å²) >= 11 is 0. The molecule has 2 atom stereocenters. The van der Waals surface area contributed by atoms with Crippen LogP contribution in [-0.4, -0.2) is 18.5 Å². The zero-order valence-corrected chi connectivity index (χ0v) is 7.63. The van der Waals surface area contributed by atoms with Gasteiger partial charge in [0.1, 0.15) is 0 Å². The summed E-state index contributed by atoms with van der Waals surface area (Å²) in [7, 11) is 0. The second kappa shape index (κ2) is 5.62. The van der Waals surface area contributed by atoms with Crippen LogP contribution in [0, 0.1) is 18.3 Å². The number of carbonyl (C=O) groups excluding carboxylic acids is 1. The van der Waals surface area contributed by atoms with Crippen molar-refractivity contribution in [2.45, 2.75) is 26.3 Å². The lowest BCUT2D eigenvalue weighted by molar-refractivity contribution is -0.123. The first-order chi connectivity index (χ1) is 5.63. The fourth-order valence-electron chi connectivity index (χ4n) is 0.768. The molecule has 0 aromatic rings. The van der Waals surface area contributed by atoms with Crippen molar-refractivity contribution in [3.05, 3.63) is 0 Å². The molecule has 0 fully saturated rings. The van der Waals surface area contributed by atoms with E-state index in [0.29, 0.717) is 0 Å². The summed E-state index contributed by atoms with van der Waals surface area (Å²) in [4.78, 5) is 11.2. The zero-order valence-electron chi connectivity index (χ0n) is 7.63. The van der Waals surface area contributed by atoms with E-state index in [2.05, 4.69) is 11.2 Å². The van der Waals surface area contributed by atoms with Crippen molar-refractivity contribution in [1.29, 1.82) is 0 Å². The SMILES string of the molecule is C#CCNC(=O)[C@@H](N)[C@@H](C)CC. The summed E-state index contributed by atoms with van der Waals surface area (Å²) in [5.74, 6) is 2.36. The van der Waals surface area contributed by atoms with E-state index in [1.54, 1.807) is 0 Å². The molecule has 3 nitrogen and oxygen atoms in total. The van der Waals surface area contributed by atoms with Crippen molar-refractivity contribution in [3.8, 4) is 12.3 Å². The summed E-state index contributed by atoms with van der Waals surface area (Å²) in [6, 6.07) is -0.441. The summed E-state index contributed by atoms with van der Waals surface area (Å²) in [5, 5.41) is 2.55. The standard InChI is InChI=1S/C9H16N2O/c1-4-6-11-9(12)8(10)7(3)5-2/h1,7-8H,5-6,10H2,2-3H3,(H,11,12)/t7-,8-/m0/s1. The first-order valence-electron chi connectivity index (χ1n) is 4.10. The van der Waals surface area contributed by atoms with Gasteiger partial charge < -0.3 is 11.1 Å². The zero-order chi connectivity index (χ0) is 9.56. The van der Waals surface area contributed by atoms with Gasteiger partial charge in [-0.15, -0.1) is 6.42 Å². The molecule has 0 aliphatic carbocycles. The van der Waals surface area contributed by atoms with E-state index in [1.165, 1.54) is 0 Å². The molecular formula is C9H16N2O. The molecule has 0 rings (SSSR count). The van der Waals surface area contributed by atoms with Crippen LogP contribution in [0.2, 0.25) is 0 Å². The molecule has 0 heterocycles. The highest BCUT2D eigenvalue weighted by atomic mass is 16.2. The summed E-state index contributed by atoms with van der Waals surface area (Å²) in [6.07, 6.45) is 5.87. The molecular weight excluding hydrogens is 152 g/mol. The Bertz CT molecular complexity index is 183. The highest BCUT2D eigenvalue weighted by molar-refractivity contribution is 5.81.